The lowest BCUT2D eigenvalue weighted by Crippen LogP contribution is -2.62. The Morgan fingerprint density at radius 2 is 1.79 bits per heavy atom. The van der Waals surface area contributed by atoms with Crippen molar-refractivity contribution in [1.29, 1.82) is 0 Å². The molecule has 7 nitrogen and oxygen atoms in total. The van der Waals surface area contributed by atoms with Crippen molar-refractivity contribution in [2.75, 3.05) is 26.2 Å². The van der Waals surface area contributed by atoms with Crippen LogP contribution in [0.25, 0.3) is 0 Å². The first-order chi connectivity index (χ1) is 18.1. The Morgan fingerprint density at radius 1 is 1.18 bits per heavy atom. The van der Waals surface area contributed by atoms with Crippen LogP contribution in [0.5, 0.6) is 0 Å². The highest BCUT2D eigenvalue weighted by molar-refractivity contribution is 8.02. The summed E-state index contributed by atoms with van der Waals surface area (Å²) in [6.45, 7) is 25.6. The highest BCUT2D eigenvalue weighted by Crippen LogP contribution is 2.69. The third-order valence-corrected chi connectivity index (χ3v) is 10.9. The van der Waals surface area contributed by atoms with E-state index in [2.05, 4.69) is 54.7 Å². The van der Waals surface area contributed by atoms with Crippen molar-refractivity contribution < 1.29 is 19.5 Å². The van der Waals surface area contributed by atoms with Crippen molar-refractivity contribution in [1.82, 2.24) is 14.7 Å². The number of carbonyl (C=O) groups is 3. The normalized spacial score (nSPS) is 30.7. The van der Waals surface area contributed by atoms with Crippen LogP contribution >= 0.6 is 11.8 Å². The van der Waals surface area contributed by atoms with E-state index in [4.69, 9.17) is 0 Å². The molecule has 3 heterocycles. The van der Waals surface area contributed by atoms with Crippen molar-refractivity contribution >= 4 is 29.5 Å². The molecule has 1 N–H and O–H groups in total. The molecule has 7 atom stereocenters. The summed E-state index contributed by atoms with van der Waals surface area (Å²) in [5.74, 6) is -1.28. The number of hydrogen-bond donors (Lipinski definition) is 1. The zero-order chi connectivity index (χ0) is 29.5. The Balaban J connectivity index is 2.14. The standard InChI is InChI=1S/C31H51N3O4S/c1-11-14-32(15-12-2)26(36)23-22-17-20(4)31(39-22)24(23)27(37)34(21(5)18-35)25(31)28(38)33(16-13-3)30(9,10)19-29(6,7)8/h11,13,20-25,35H,1,3,12,14-19H2,2,4-10H3/t20?,21-,22-,23+,24+,25?,31?/m1/s1. The minimum Gasteiger partial charge on any atom is -0.394 e. The second-order valence-electron chi connectivity index (χ2n) is 13.7. The van der Waals surface area contributed by atoms with Gasteiger partial charge in [0.2, 0.25) is 17.7 Å². The van der Waals surface area contributed by atoms with Crippen LogP contribution in [0.3, 0.4) is 0 Å². The minimum absolute atomic E-state index is 0.0112. The maximum absolute atomic E-state index is 14.8. The number of nitrogens with zero attached hydrogens (tertiary/aromatic N) is 3. The van der Waals surface area contributed by atoms with Crippen LogP contribution in [0.4, 0.5) is 0 Å². The van der Waals surface area contributed by atoms with Gasteiger partial charge in [-0.25, -0.2) is 0 Å². The molecule has 0 aromatic carbocycles. The summed E-state index contributed by atoms with van der Waals surface area (Å²) in [5, 5.41) is 10.2. The largest absolute Gasteiger partial charge is 0.394 e. The third kappa shape index (κ3) is 5.44. The molecule has 3 fully saturated rings. The average molecular weight is 562 g/mol. The zero-order valence-electron chi connectivity index (χ0n) is 25.4. The number of thioether (sulfide) groups is 1. The molecule has 3 unspecified atom stereocenters. The van der Waals surface area contributed by atoms with Gasteiger partial charge in [-0.15, -0.1) is 24.9 Å². The maximum Gasteiger partial charge on any atom is 0.247 e. The molecule has 3 amide bonds. The van der Waals surface area contributed by atoms with E-state index in [1.165, 1.54) is 0 Å². The molecule has 39 heavy (non-hydrogen) atoms. The van der Waals surface area contributed by atoms with E-state index in [9.17, 15) is 19.5 Å². The molecular weight excluding hydrogens is 510 g/mol. The van der Waals surface area contributed by atoms with Gasteiger partial charge in [-0.1, -0.05) is 46.8 Å². The summed E-state index contributed by atoms with van der Waals surface area (Å²) >= 11 is 1.69. The van der Waals surface area contributed by atoms with Gasteiger partial charge in [-0.2, -0.15) is 0 Å². The van der Waals surface area contributed by atoms with Crippen molar-refractivity contribution in [2.45, 2.75) is 102 Å². The Kier molecular flexibility index (Phi) is 9.43. The van der Waals surface area contributed by atoms with Gasteiger partial charge in [0, 0.05) is 30.4 Å². The topological polar surface area (TPSA) is 81.2 Å². The molecule has 0 saturated carbocycles. The monoisotopic (exact) mass is 561 g/mol. The Labute approximate surface area is 240 Å². The van der Waals surface area contributed by atoms with E-state index >= 15 is 0 Å². The number of aliphatic hydroxyl groups excluding tert-OH is 1. The lowest BCUT2D eigenvalue weighted by molar-refractivity contribution is -0.149. The number of amides is 3. The fraction of sp³-hybridized carbons (Fsp3) is 0.774. The number of rotatable bonds is 12. The van der Waals surface area contributed by atoms with Gasteiger partial charge in [0.05, 0.1) is 29.2 Å². The van der Waals surface area contributed by atoms with Gasteiger partial charge < -0.3 is 19.8 Å². The Morgan fingerprint density at radius 3 is 2.31 bits per heavy atom. The molecule has 0 aromatic rings. The molecule has 0 aromatic heterocycles. The summed E-state index contributed by atoms with van der Waals surface area (Å²) in [6.07, 6.45) is 5.86. The molecule has 220 valence electrons. The van der Waals surface area contributed by atoms with Crippen LogP contribution in [0.1, 0.15) is 74.7 Å². The summed E-state index contributed by atoms with van der Waals surface area (Å²) in [5.41, 5.74) is -0.510. The van der Waals surface area contributed by atoms with Gasteiger partial charge in [0.15, 0.2) is 0 Å². The second kappa shape index (κ2) is 11.6. The van der Waals surface area contributed by atoms with E-state index in [0.29, 0.717) is 19.6 Å². The molecular formula is C31H51N3O4S. The first kappa shape index (κ1) is 31.7. The number of carbonyl (C=O) groups excluding carboxylic acids is 3. The molecule has 3 rings (SSSR count). The van der Waals surface area contributed by atoms with Crippen molar-refractivity contribution in [3.05, 3.63) is 25.3 Å². The minimum atomic E-state index is -0.752. The maximum atomic E-state index is 14.8. The fourth-order valence-corrected chi connectivity index (χ4v) is 10.2. The van der Waals surface area contributed by atoms with E-state index < -0.39 is 34.2 Å². The average Bonchev–Trinajstić information content (AvgIpc) is 3.43. The van der Waals surface area contributed by atoms with Gasteiger partial charge >= 0.3 is 0 Å². The van der Waals surface area contributed by atoms with Crippen molar-refractivity contribution in [3.8, 4) is 0 Å². The van der Waals surface area contributed by atoms with Crippen LogP contribution in [0.2, 0.25) is 0 Å². The molecule has 3 aliphatic heterocycles. The van der Waals surface area contributed by atoms with E-state index in [1.807, 2.05) is 16.7 Å². The number of likely N-dealkylation sites (tertiary alicyclic amines) is 1. The molecule has 3 saturated heterocycles. The molecule has 0 radical (unpaired) electrons. The van der Waals surface area contributed by atoms with Gasteiger partial charge in [0.25, 0.3) is 0 Å². The van der Waals surface area contributed by atoms with Gasteiger partial charge in [0.1, 0.15) is 6.04 Å². The highest BCUT2D eigenvalue weighted by Gasteiger charge is 2.77. The van der Waals surface area contributed by atoms with E-state index in [1.54, 1.807) is 35.7 Å². The number of hydrogen-bond acceptors (Lipinski definition) is 5. The highest BCUT2D eigenvalue weighted by atomic mass is 32.2. The molecule has 3 aliphatic rings. The van der Waals surface area contributed by atoms with Crippen LogP contribution in [-0.2, 0) is 14.4 Å². The van der Waals surface area contributed by atoms with Gasteiger partial charge in [-0.05, 0) is 51.4 Å². The first-order valence-corrected chi connectivity index (χ1v) is 15.4. The molecule has 0 aliphatic carbocycles. The predicted octanol–water partition coefficient (Wildman–Crippen LogP) is 4.36. The van der Waals surface area contributed by atoms with E-state index in [0.717, 1.165) is 19.3 Å². The lowest BCUT2D eigenvalue weighted by atomic mass is 9.65. The fourth-order valence-electron chi connectivity index (χ4n) is 7.82. The molecule has 2 bridgehead atoms. The molecule has 8 heteroatoms. The summed E-state index contributed by atoms with van der Waals surface area (Å²) in [6, 6.07) is -1.29. The smallest absolute Gasteiger partial charge is 0.247 e. The molecule has 1 spiro atoms. The second-order valence-corrected chi connectivity index (χ2v) is 15.2. The zero-order valence-corrected chi connectivity index (χ0v) is 26.2. The van der Waals surface area contributed by atoms with Crippen LogP contribution in [0.15, 0.2) is 25.3 Å². The summed E-state index contributed by atoms with van der Waals surface area (Å²) < 4.78 is -0.716. The Hall–Kier alpha value is -1.80. The van der Waals surface area contributed by atoms with E-state index in [-0.39, 0.29) is 40.9 Å². The number of fused-ring (bicyclic) bond motifs is 1. The lowest BCUT2D eigenvalue weighted by Gasteiger charge is -2.47. The van der Waals surface area contributed by atoms with Crippen LogP contribution in [-0.4, -0.2) is 91.4 Å². The number of aliphatic hydroxyl groups is 1. The van der Waals surface area contributed by atoms with Crippen molar-refractivity contribution in [3.63, 3.8) is 0 Å². The van der Waals surface area contributed by atoms with Crippen LogP contribution < -0.4 is 0 Å². The third-order valence-electron chi connectivity index (χ3n) is 8.87. The summed E-state index contributed by atoms with van der Waals surface area (Å²) in [4.78, 5) is 48.5. The van der Waals surface area contributed by atoms with Crippen LogP contribution in [0, 0.1) is 23.2 Å². The first-order valence-electron chi connectivity index (χ1n) is 14.6. The Bertz CT molecular complexity index is 975. The van der Waals surface area contributed by atoms with Crippen molar-refractivity contribution in [2.24, 2.45) is 23.2 Å². The quantitative estimate of drug-likeness (QED) is 0.358. The van der Waals surface area contributed by atoms with Gasteiger partial charge in [-0.3, -0.25) is 14.4 Å². The summed E-state index contributed by atoms with van der Waals surface area (Å²) in [7, 11) is 0. The SMILES string of the molecule is C=CCN(CCC)C(=O)[C@@H]1[C@H]2C(=O)N([C@H](C)CO)C(C(=O)N(CC=C)C(C)(C)CC(C)(C)C)C23S[C@@H]1CC3C. The predicted molar refractivity (Wildman–Crippen MR) is 159 cm³/mol.